The lowest BCUT2D eigenvalue weighted by Gasteiger charge is -2.39. The monoisotopic (exact) mass is 329 g/mol. The van der Waals surface area contributed by atoms with Gasteiger partial charge >= 0.3 is 0 Å². The van der Waals surface area contributed by atoms with Crippen molar-refractivity contribution in [1.82, 2.24) is 15.1 Å². The number of amidine groups is 1. The molecule has 7 heteroatoms. The lowest BCUT2D eigenvalue weighted by Crippen LogP contribution is -2.44. The molecule has 2 heterocycles. The first-order valence-corrected chi connectivity index (χ1v) is 8.05. The zero-order valence-electron chi connectivity index (χ0n) is 13.8. The number of rotatable bonds is 4. The lowest BCUT2D eigenvalue weighted by atomic mass is 9.64. The van der Waals surface area contributed by atoms with Crippen LogP contribution < -0.4 is 15.8 Å². The van der Waals surface area contributed by atoms with E-state index >= 15 is 4.39 Å². The third kappa shape index (κ3) is 1.91. The number of fused-ring (bicyclic) bond motifs is 2. The molecule has 1 aromatic carbocycles. The molecule has 1 aliphatic carbocycles. The largest absolute Gasteiger partial charge is 0.494 e. The Morgan fingerprint density at radius 2 is 2.25 bits per heavy atom. The fraction of sp³-hybridized carbons (Fsp3) is 0.412. The van der Waals surface area contributed by atoms with Gasteiger partial charge in [0.25, 0.3) is 0 Å². The van der Waals surface area contributed by atoms with Crippen molar-refractivity contribution in [2.24, 2.45) is 10.7 Å². The molecule has 2 aliphatic rings. The number of methoxy groups -OCH3 is 1. The van der Waals surface area contributed by atoms with E-state index in [0.717, 1.165) is 30.4 Å². The summed E-state index contributed by atoms with van der Waals surface area (Å²) in [7, 11) is 3.39. The van der Waals surface area contributed by atoms with Crippen molar-refractivity contribution in [2.75, 3.05) is 14.2 Å². The van der Waals surface area contributed by atoms with Gasteiger partial charge in [-0.05, 0) is 31.5 Å². The Bertz CT molecular complexity index is 838. The van der Waals surface area contributed by atoms with Gasteiger partial charge in [-0.3, -0.25) is 0 Å². The van der Waals surface area contributed by atoms with E-state index in [-0.39, 0.29) is 11.1 Å². The first-order valence-electron chi connectivity index (χ1n) is 8.05. The van der Waals surface area contributed by atoms with E-state index < -0.39 is 5.82 Å². The van der Waals surface area contributed by atoms with Crippen molar-refractivity contribution < 1.29 is 9.13 Å². The number of nitrogens with zero attached hydrogens (tertiary/aromatic N) is 3. The van der Waals surface area contributed by atoms with E-state index in [1.54, 1.807) is 12.4 Å². The highest BCUT2D eigenvalue weighted by Crippen LogP contribution is 2.54. The third-order valence-electron chi connectivity index (χ3n) is 5.09. The molecule has 4 rings (SSSR count). The van der Waals surface area contributed by atoms with Crippen molar-refractivity contribution in [2.45, 2.75) is 31.2 Å². The summed E-state index contributed by atoms with van der Waals surface area (Å²) in [4.78, 5) is 4.34. The summed E-state index contributed by atoms with van der Waals surface area (Å²) in [6.07, 6.45) is 6.38. The Morgan fingerprint density at radius 3 is 2.88 bits per heavy atom. The molecule has 126 valence electrons. The molecule has 1 saturated carbocycles. The average molecular weight is 329 g/mol. The van der Waals surface area contributed by atoms with Crippen LogP contribution in [0.5, 0.6) is 5.75 Å². The summed E-state index contributed by atoms with van der Waals surface area (Å²) in [5, 5.41) is 7.32. The van der Waals surface area contributed by atoms with Gasteiger partial charge in [0.1, 0.15) is 23.0 Å². The molecule has 0 atom stereocenters. The topological polar surface area (TPSA) is 77.5 Å². The van der Waals surface area contributed by atoms with Crippen LogP contribution in [0.15, 0.2) is 23.5 Å². The molecular formula is C17H20FN5O. The van der Waals surface area contributed by atoms with Crippen LogP contribution in [-0.4, -0.2) is 29.8 Å². The molecule has 1 aromatic heterocycles. The first-order chi connectivity index (χ1) is 11.6. The van der Waals surface area contributed by atoms with Gasteiger partial charge in [-0.25, -0.2) is 14.1 Å². The highest BCUT2D eigenvalue weighted by atomic mass is 19.1. The molecule has 0 bridgehead atoms. The first kappa shape index (κ1) is 15.1. The number of nitrogens with two attached hydrogens (primary N) is 1. The number of hydrogen-bond donors (Lipinski definition) is 2. The highest BCUT2D eigenvalue weighted by molar-refractivity contribution is 6.00. The number of halogens is 1. The maximum Gasteiger partial charge on any atom is 0.178 e. The molecule has 0 amide bonds. The number of aromatic nitrogens is 2. The van der Waals surface area contributed by atoms with E-state index in [4.69, 9.17) is 10.5 Å². The Balaban J connectivity index is 1.88. The smallest absolute Gasteiger partial charge is 0.178 e. The maximum atomic E-state index is 15.3. The van der Waals surface area contributed by atoms with Gasteiger partial charge in [0, 0.05) is 18.3 Å². The van der Waals surface area contributed by atoms with Crippen LogP contribution in [0.3, 0.4) is 0 Å². The molecule has 6 nitrogen and oxygen atoms in total. The Kier molecular flexibility index (Phi) is 3.35. The number of ether oxygens (including phenoxy) is 1. The van der Waals surface area contributed by atoms with Gasteiger partial charge in [-0.15, -0.1) is 0 Å². The van der Waals surface area contributed by atoms with Gasteiger partial charge in [0.2, 0.25) is 0 Å². The normalized spacial score (nSPS) is 17.5. The van der Waals surface area contributed by atoms with Crippen LogP contribution >= 0.6 is 0 Å². The quantitative estimate of drug-likeness (QED) is 0.901. The number of hydrogen-bond acceptors (Lipinski definition) is 5. The van der Waals surface area contributed by atoms with Crippen LogP contribution in [0.4, 0.5) is 10.1 Å². The summed E-state index contributed by atoms with van der Waals surface area (Å²) in [5.74, 6) is 0.523. The highest BCUT2D eigenvalue weighted by Gasteiger charge is 2.49. The minimum atomic E-state index is -0.435. The molecule has 0 saturated heterocycles. The van der Waals surface area contributed by atoms with Crippen LogP contribution in [0.1, 0.15) is 30.4 Å². The number of benzene rings is 1. The van der Waals surface area contributed by atoms with Crippen molar-refractivity contribution >= 4 is 11.5 Å². The van der Waals surface area contributed by atoms with E-state index in [1.165, 1.54) is 11.8 Å². The molecule has 0 radical (unpaired) electrons. The summed E-state index contributed by atoms with van der Waals surface area (Å²) in [6.45, 7) is 0.656. The average Bonchev–Trinajstić information content (AvgIpc) is 3.09. The maximum absolute atomic E-state index is 15.3. The van der Waals surface area contributed by atoms with E-state index in [2.05, 4.69) is 15.4 Å². The molecule has 1 spiro atoms. The Hall–Kier alpha value is -2.41. The lowest BCUT2D eigenvalue weighted by molar-refractivity contribution is 0.341. The Labute approximate surface area is 139 Å². The van der Waals surface area contributed by atoms with Crippen molar-refractivity contribution in [3.63, 3.8) is 0 Å². The fourth-order valence-corrected chi connectivity index (χ4v) is 3.65. The molecule has 2 aromatic rings. The van der Waals surface area contributed by atoms with Gasteiger partial charge in [-0.1, -0.05) is 6.42 Å². The summed E-state index contributed by atoms with van der Waals surface area (Å²) < 4.78 is 22.2. The number of aliphatic imine (C=N–C) groups is 1. The molecular weight excluding hydrogens is 309 g/mol. The van der Waals surface area contributed by atoms with Crippen molar-refractivity contribution in [1.29, 1.82) is 0 Å². The fourth-order valence-electron chi connectivity index (χ4n) is 3.65. The van der Waals surface area contributed by atoms with Gasteiger partial charge in [0.15, 0.2) is 5.82 Å². The van der Waals surface area contributed by atoms with Crippen LogP contribution in [0, 0.1) is 5.82 Å². The Morgan fingerprint density at radius 1 is 1.46 bits per heavy atom. The molecule has 3 N–H and O–H groups in total. The SMILES string of the molecule is CNCc1cnn(-c2c(OC)cc3c(c2F)N=C(N)C32CCC2)c1. The third-order valence-corrected chi connectivity index (χ3v) is 5.09. The van der Waals surface area contributed by atoms with E-state index in [9.17, 15) is 0 Å². The van der Waals surface area contributed by atoms with Crippen molar-refractivity contribution in [3.05, 3.63) is 35.4 Å². The second-order valence-corrected chi connectivity index (χ2v) is 6.39. The standard InChI is InChI=1S/C17H20FN5O/c1-20-7-10-8-21-23(9-10)15-12(24-2)6-11-14(13(15)18)22-16(19)17(11)4-3-5-17/h6,8-9,20H,3-5,7H2,1-2H3,(H2,19,22). The zero-order chi connectivity index (χ0) is 16.9. The van der Waals surface area contributed by atoms with E-state index in [1.807, 2.05) is 13.1 Å². The zero-order valence-corrected chi connectivity index (χ0v) is 13.8. The van der Waals surface area contributed by atoms with Crippen LogP contribution in [0.2, 0.25) is 0 Å². The second kappa shape index (κ2) is 5.31. The number of nitrogens with one attached hydrogen (secondary N) is 1. The summed E-state index contributed by atoms with van der Waals surface area (Å²) in [5.41, 5.74) is 8.22. The molecule has 1 aliphatic heterocycles. The van der Waals surface area contributed by atoms with Gasteiger partial charge < -0.3 is 15.8 Å². The van der Waals surface area contributed by atoms with Crippen molar-refractivity contribution in [3.8, 4) is 11.4 Å². The van der Waals surface area contributed by atoms with Crippen LogP contribution in [-0.2, 0) is 12.0 Å². The molecule has 24 heavy (non-hydrogen) atoms. The summed E-state index contributed by atoms with van der Waals surface area (Å²) in [6, 6.07) is 1.87. The predicted molar refractivity (Wildman–Crippen MR) is 89.6 cm³/mol. The molecule has 0 unspecified atom stereocenters. The van der Waals surface area contributed by atoms with Gasteiger partial charge in [-0.2, -0.15) is 5.10 Å². The predicted octanol–water partition coefficient (Wildman–Crippen LogP) is 2.16. The van der Waals surface area contributed by atoms with Gasteiger partial charge in [0.05, 0.1) is 18.7 Å². The minimum absolute atomic E-state index is 0.270. The minimum Gasteiger partial charge on any atom is -0.494 e. The summed E-state index contributed by atoms with van der Waals surface area (Å²) >= 11 is 0. The second-order valence-electron chi connectivity index (χ2n) is 6.39. The molecule has 1 fully saturated rings. The van der Waals surface area contributed by atoms with E-state index in [0.29, 0.717) is 23.8 Å². The van der Waals surface area contributed by atoms with Crippen LogP contribution in [0.25, 0.3) is 5.69 Å².